The molecule has 3 aromatic carbocycles. The number of carboxylic acids is 1. The number of nitrogens with two attached hydrogens (primary N) is 2. The van der Waals surface area contributed by atoms with Gasteiger partial charge >= 0.3 is 18.2 Å². The molecule has 190 valence electrons. The summed E-state index contributed by atoms with van der Waals surface area (Å²) in [5.41, 5.74) is 13.8. The summed E-state index contributed by atoms with van der Waals surface area (Å²) in [5, 5.41) is 8.95. The maximum Gasteiger partial charge on any atom is 0.429 e. The molecule has 0 aliphatic rings. The fraction of sp³-hybridized carbons (Fsp3) is 0.154. The zero-order chi connectivity index (χ0) is 26.6. The van der Waals surface area contributed by atoms with Crippen LogP contribution in [-0.4, -0.2) is 38.2 Å². The van der Waals surface area contributed by atoms with Crippen molar-refractivity contribution < 1.29 is 27.8 Å². The van der Waals surface area contributed by atoms with Gasteiger partial charge in [-0.25, -0.2) is 0 Å². The number of hydrogen-bond donors (Lipinski definition) is 3. The van der Waals surface area contributed by atoms with E-state index in [1.807, 2.05) is 30.3 Å². The van der Waals surface area contributed by atoms with Crippen molar-refractivity contribution in [2.45, 2.75) is 24.7 Å². The molecule has 1 aromatic heterocycles. The number of aliphatic carboxylic acids is 1. The summed E-state index contributed by atoms with van der Waals surface area (Å²) in [4.78, 5) is 22.7. The molecule has 0 bridgehead atoms. The highest BCUT2D eigenvalue weighted by molar-refractivity contribution is 5.73. The highest BCUT2D eigenvalue weighted by Gasteiger charge is 2.43. The van der Waals surface area contributed by atoms with E-state index in [1.54, 1.807) is 36.4 Å². The third-order valence-corrected chi connectivity index (χ3v) is 5.46. The zero-order valence-corrected chi connectivity index (χ0v) is 19.3. The van der Waals surface area contributed by atoms with Crippen molar-refractivity contribution in [1.82, 2.24) is 15.0 Å². The van der Waals surface area contributed by atoms with E-state index in [0.29, 0.717) is 11.1 Å². The second-order valence-electron chi connectivity index (χ2n) is 8.17. The lowest BCUT2D eigenvalue weighted by Gasteiger charge is -2.21. The van der Waals surface area contributed by atoms with Gasteiger partial charge in [-0.05, 0) is 23.1 Å². The average Bonchev–Trinajstić information content (AvgIpc) is 2.87. The number of anilines is 1. The van der Waals surface area contributed by atoms with E-state index in [9.17, 15) is 18.0 Å². The first-order valence-electron chi connectivity index (χ1n) is 11.1. The highest BCUT2D eigenvalue weighted by Crippen LogP contribution is 2.37. The molecular formula is C26H22F3N5O3. The van der Waals surface area contributed by atoms with Crippen molar-refractivity contribution in [3.8, 4) is 28.5 Å². The van der Waals surface area contributed by atoms with Gasteiger partial charge in [0.2, 0.25) is 12.1 Å². The summed E-state index contributed by atoms with van der Waals surface area (Å²) in [5.74, 6) is -1.46. The van der Waals surface area contributed by atoms with Crippen molar-refractivity contribution in [2.75, 3.05) is 5.73 Å². The molecule has 2 unspecified atom stereocenters. The van der Waals surface area contributed by atoms with E-state index < -0.39 is 30.3 Å². The highest BCUT2D eigenvalue weighted by atomic mass is 19.4. The molecule has 2 atom stereocenters. The van der Waals surface area contributed by atoms with Crippen LogP contribution >= 0.6 is 0 Å². The van der Waals surface area contributed by atoms with Crippen molar-refractivity contribution in [2.24, 2.45) is 5.73 Å². The Bertz CT molecular complexity index is 1370. The first-order valence-corrected chi connectivity index (χ1v) is 11.1. The van der Waals surface area contributed by atoms with Crippen LogP contribution in [0.5, 0.6) is 6.01 Å². The SMILES string of the molecule is Nc1nc(OC(c2ccc(-c3ccccc3)cc2)C(F)(F)F)nc(-c2ccc(CC(N)C(=O)O)cc2)n1. The van der Waals surface area contributed by atoms with Crippen LogP contribution in [0, 0.1) is 0 Å². The molecule has 0 saturated heterocycles. The molecule has 11 heteroatoms. The lowest BCUT2D eigenvalue weighted by molar-refractivity contribution is -0.199. The van der Waals surface area contributed by atoms with Crippen LogP contribution in [0.4, 0.5) is 19.1 Å². The second kappa shape index (κ2) is 10.6. The number of hydrogen-bond acceptors (Lipinski definition) is 7. The maximum absolute atomic E-state index is 14.0. The van der Waals surface area contributed by atoms with E-state index in [1.165, 1.54) is 12.1 Å². The first kappa shape index (κ1) is 25.6. The number of rotatable bonds is 8. The monoisotopic (exact) mass is 509 g/mol. The van der Waals surface area contributed by atoms with Gasteiger partial charge in [0.05, 0.1) is 0 Å². The average molecular weight is 509 g/mol. The van der Waals surface area contributed by atoms with E-state index in [-0.39, 0.29) is 23.8 Å². The molecule has 5 N–H and O–H groups in total. The van der Waals surface area contributed by atoms with Crippen molar-refractivity contribution in [3.63, 3.8) is 0 Å². The summed E-state index contributed by atoms with van der Waals surface area (Å²) in [7, 11) is 0. The number of halogens is 3. The van der Waals surface area contributed by atoms with Gasteiger partial charge in [0.1, 0.15) is 6.04 Å². The van der Waals surface area contributed by atoms with Gasteiger partial charge in [0.15, 0.2) is 5.82 Å². The van der Waals surface area contributed by atoms with E-state index in [2.05, 4.69) is 15.0 Å². The van der Waals surface area contributed by atoms with Crippen LogP contribution in [0.25, 0.3) is 22.5 Å². The predicted octanol–water partition coefficient (Wildman–Crippen LogP) is 4.42. The van der Waals surface area contributed by atoms with Crippen LogP contribution < -0.4 is 16.2 Å². The van der Waals surface area contributed by atoms with Crippen LogP contribution in [0.2, 0.25) is 0 Å². The smallest absolute Gasteiger partial charge is 0.429 e. The Morgan fingerprint density at radius 1 is 0.865 bits per heavy atom. The molecule has 0 saturated carbocycles. The van der Waals surface area contributed by atoms with E-state index in [4.69, 9.17) is 21.3 Å². The normalized spacial score (nSPS) is 13.1. The number of nitrogen functional groups attached to an aromatic ring is 1. The molecule has 0 fully saturated rings. The molecule has 37 heavy (non-hydrogen) atoms. The summed E-state index contributed by atoms with van der Waals surface area (Å²) in [6, 6.07) is 19.8. The fourth-order valence-corrected chi connectivity index (χ4v) is 3.60. The van der Waals surface area contributed by atoms with Crippen molar-refractivity contribution >= 4 is 11.9 Å². The summed E-state index contributed by atoms with van der Waals surface area (Å²) in [6.07, 6.45) is -7.01. The molecule has 0 spiro atoms. The third-order valence-electron chi connectivity index (χ3n) is 5.46. The van der Waals surface area contributed by atoms with Crippen LogP contribution in [0.15, 0.2) is 78.9 Å². The van der Waals surface area contributed by atoms with Gasteiger partial charge < -0.3 is 21.3 Å². The Labute approximate surface area is 209 Å². The number of benzene rings is 3. The second-order valence-corrected chi connectivity index (χ2v) is 8.17. The van der Waals surface area contributed by atoms with Crippen LogP contribution in [-0.2, 0) is 11.2 Å². The standard InChI is InChI=1S/C26H22F3N5O3/c27-26(28,29)21(18-12-10-17(11-13-18)16-4-2-1-3-5-16)37-25-33-22(32-24(31)34-25)19-8-6-15(7-9-19)14-20(30)23(35)36/h1-13,20-21H,14,30H2,(H,35,36)(H2,31,32,33,34). The van der Waals surface area contributed by atoms with Crippen LogP contribution in [0.1, 0.15) is 17.2 Å². The third kappa shape index (κ3) is 6.39. The minimum atomic E-state index is -4.76. The lowest BCUT2D eigenvalue weighted by atomic mass is 10.0. The Hall–Kier alpha value is -4.51. The maximum atomic E-state index is 14.0. The van der Waals surface area contributed by atoms with E-state index >= 15 is 0 Å². The number of ether oxygens (including phenoxy) is 1. The molecule has 0 aliphatic heterocycles. The number of carboxylic acid groups (broad SMARTS) is 1. The quantitative estimate of drug-likeness (QED) is 0.317. The molecule has 4 rings (SSSR count). The minimum absolute atomic E-state index is 0.00284. The van der Waals surface area contributed by atoms with Gasteiger partial charge in [-0.2, -0.15) is 28.1 Å². The molecule has 8 nitrogen and oxygen atoms in total. The minimum Gasteiger partial charge on any atom is -0.480 e. The van der Waals surface area contributed by atoms with Gasteiger partial charge in [-0.3, -0.25) is 4.79 Å². The molecule has 0 aliphatic carbocycles. The molecule has 0 amide bonds. The van der Waals surface area contributed by atoms with Gasteiger partial charge in [0.25, 0.3) is 0 Å². The van der Waals surface area contributed by atoms with Crippen LogP contribution in [0.3, 0.4) is 0 Å². The Morgan fingerprint density at radius 2 is 1.46 bits per heavy atom. The zero-order valence-electron chi connectivity index (χ0n) is 19.3. The van der Waals surface area contributed by atoms with E-state index in [0.717, 1.165) is 11.1 Å². The number of alkyl halides is 3. The van der Waals surface area contributed by atoms with Gasteiger partial charge in [-0.1, -0.05) is 78.9 Å². The lowest BCUT2D eigenvalue weighted by Crippen LogP contribution is -2.32. The van der Waals surface area contributed by atoms with Crippen molar-refractivity contribution in [3.05, 3.63) is 90.0 Å². The topological polar surface area (TPSA) is 137 Å². The van der Waals surface area contributed by atoms with Gasteiger partial charge in [-0.15, -0.1) is 0 Å². The largest absolute Gasteiger partial charge is 0.480 e. The predicted molar refractivity (Wildman–Crippen MR) is 130 cm³/mol. The molecule has 4 aromatic rings. The fourth-order valence-electron chi connectivity index (χ4n) is 3.60. The number of aromatic nitrogens is 3. The van der Waals surface area contributed by atoms with Crippen molar-refractivity contribution in [1.29, 1.82) is 0 Å². The molecular weight excluding hydrogens is 487 g/mol. The van der Waals surface area contributed by atoms with Gasteiger partial charge in [0, 0.05) is 11.1 Å². The first-order chi connectivity index (χ1) is 17.6. The molecule has 0 radical (unpaired) electrons. The molecule has 1 heterocycles. The summed E-state index contributed by atoms with van der Waals surface area (Å²) < 4.78 is 47.1. The Balaban J connectivity index is 1.58. The number of carbonyl (C=O) groups is 1. The summed E-state index contributed by atoms with van der Waals surface area (Å²) >= 11 is 0. The number of nitrogens with zero attached hydrogens (tertiary/aromatic N) is 3. The Kier molecular flexibility index (Phi) is 7.35. The summed E-state index contributed by atoms with van der Waals surface area (Å²) in [6.45, 7) is 0. The Morgan fingerprint density at radius 3 is 2.05 bits per heavy atom.